The van der Waals surface area contributed by atoms with Crippen molar-refractivity contribution in [1.29, 1.82) is 0 Å². The second-order valence-corrected chi connectivity index (χ2v) is 5.67. The van der Waals surface area contributed by atoms with E-state index in [2.05, 4.69) is 4.98 Å². The molecule has 0 bridgehead atoms. The first-order valence-electron chi connectivity index (χ1n) is 6.55. The minimum atomic E-state index is 0.285. The van der Waals surface area contributed by atoms with Crippen LogP contribution in [0.2, 0.25) is 0 Å². The first-order valence-corrected chi connectivity index (χ1v) is 7.37. The Kier molecular flexibility index (Phi) is 2.82. The van der Waals surface area contributed by atoms with Crippen molar-refractivity contribution in [2.75, 3.05) is 0 Å². The second-order valence-electron chi connectivity index (χ2n) is 4.68. The van der Waals surface area contributed by atoms with Gasteiger partial charge in [-0.05, 0) is 41.4 Å². The first-order chi connectivity index (χ1) is 10.3. The molecule has 102 valence electrons. The van der Waals surface area contributed by atoms with Crippen LogP contribution < -0.4 is 0 Å². The SMILES string of the molecule is Oc1ccc(Sc2nc3ccccc3o2)c2ccccc12. The van der Waals surface area contributed by atoms with Crippen LogP contribution in [0.1, 0.15) is 0 Å². The van der Waals surface area contributed by atoms with Crippen LogP contribution in [0.25, 0.3) is 21.9 Å². The van der Waals surface area contributed by atoms with E-state index in [0.29, 0.717) is 5.22 Å². The zero-order valence-electron chi connectivity index (χ0n) is 11.0. The van der Waals surface area contributed by atoms with E-state index in [1.54, 1.807) is 6.07 Å². The minimum Gasteiger partial charge on any atom is -0.507 e. The number of oxazole rings is 1. The van der Waals surface area contributed by atoms with E-state index in [9.17, 15) is 5.11 Å². The standard InChI is InChI=1S/C17H11NO2S/c19-14-9-10-16(12-6-2-1-5-11(12)14)21-17-18-13-7-3-4-8-15(13)20-17/h1-10,19H. The Balaban J connectivity index is 1.82. The molecule has 0 amide bonds. The van der Waals surface area contributed by atoms with Crippen molar-refractivity contribution in [2.45, 2.75) is 10.1 Å². The lowest BCUT2D eigenvalue weighted by Gasteiger charge is -2.05. The molecule has 0 aliphatic carbocycles. The third-order valence-electron chi connectivity index (χ3n) is 3.33. The highest BCUT2D eigenvalue weighted by Crippen LogP contribution is 2.37. The van der Waals surface area contributed by atoms with Crippen molar-refractivity contribution in [1.82, 2.24) is 4.98 Å². The minimum absolute atomic E-state index is 0.285. The van der Waals surface area contributed by atoms with Crippen LogP contribution in [0.4, 0.5) is 0 Å². The first kappa shape index (κ1) is 12.3. The summed E-state index contributed by atoms with van der Waals surface area (Å²) in [5.74, 6) is 0.285. The molecule has 0 saturated heterocycles. The van der Waals surface area contributed by atoms with Gasteiger partial charge in [-0.25, -0.2) is 4.98 Å². The molecule has 1 aromatic heterocycles. The molecule has 0 fully saturated rings. The third-order valence-corrected chi connectivity index (χ3v) is 4.26. The van der Waals surface area contributed by atoms with Gasteiger partial charge in [0.05, 0.1) is 0 Å². The molecule has 3 aromatic carbocycles. The molecule has 1 N–H and O–H groups in total. The Morgan fingerprint density at radius 1 is 0.857 bits per heavy atom. The number of aromatic hydroxyl groups is 1. The zero-order chi connectivity index (χ0) is 14.2. The molecule has 4 rings (SSSR count). The average Bonchev–Trinajstić information content (AvgIpc) is 2.93. The van der Waals surface area contributed by atoms with Gasteiger partial charge < -0.3 is 9.52 Å². The molecule has 0 aliphatic heterocycles. The maximum absolute atomic E-state index is 9.93. The van der Waals surface area contributed by atoms with E-state index in [4.69, 9.17) is 4.42 Å². The van der Waals surface area contributed by atoms with E-state index in [1.807, 2.05) is 54.6 Å². The summed E-state index contributed by atoms with van der Waals surface area (Å²) in [6, 6.07) is 19.0. The molecule has 4 heteroatoms. The molecular formula is C17H11NO2S. The van der Waals surface area contributed by atoms with E-state index in [-0.39, 0.29) is 5.75 Å². The highest BCUT2D eigenvalue weighted by atomic mass is 32.2. The topological polar surface area (TPSA) is 46.3 Å². The van der Waals surface area contributed by atoms with Crippen molar-refractivity contribution in [3.05, 3.63) is 60.7 Å². The summed E-state index contributed by atoms with van der Waals surface area (Å²) in [6.45, 7) is 0. The Morgan fingerprint density at radius 2 is 1.62 bits per heavy atom. The van der Waals surface area contributed by atoms with E-state index in [0.717, 1.165) is 26.8 Å². The smallest absolute Gasteiger partial charge is 0.261 e. The van der Waals surface area contributed by atoms with Gasteiger partial charge in [-0.15, -0.1) is 0 Å². The van der Waals surface area contributed by atoms with Gasteiger partial charge >= 0.3 is 0 Å². The summed E-state index contributed by atoms with van der Waals surface area (Å²) in [5, 5.41) is 12.4. The summed E-state index contributed by atoms with van der Waals surface area (Å²) in [4.78, 5) is 5.48. The predicted molar refractivity (Wildman–Crippen MR) is 83.7 cm³/mol. The molecule has 0 unspecified atom stereocenters. The number of phenolic OH excluding ortho intramolecular Hbond substituents is 1. The summed E-state index contributed by atoms with van der Waals surface area (Å²) in [7, 11) is 0. The molecule has 0 spiro atoms. The van der Waals surface area contributed by atoms with Crippen LogP contribution in [0.15, 0.2) is 75.2 Å². The Labute approximate surface area is 125 Å². The number of aromatic nitrogens is 1. The van der Waals surface area contributed by atoms with E-state index in [1.165, 1.54) is 11.8 Å². The van der Waals surface area contributed by atoms with Crippen molar-refractivity contribution in [3.8, 4) is 5.75 Å². The average molecular weight is 293 g/mol. The largest absolute Gasteiger partial charge is 0.507 e. The second kappa shape index (κ2) is 4.82. The molecule has 0 radical (unpaired) electrons. The fraction of sp³-hybridized carbons (Fsp3) is 0. The van der Waals surface area contributed by atoms with Gasteiger partial charge in [-0.2, -0.15) is 0 Å². The van der Waals surface area contributed by atoms with Crippen molar-refractivity contribution in [2.24, 2.45) is 0 Å². The quantitative estimate of drug-likeness (QED) is 0.574. The van der Waals surface area contributed by atoms with Gasteiger partial charge in [0, 0.05) is 10.3 Å². The molecule has 0 aliphatic rings. The molecular weight excluding hydrogens is 282 g/mol. The van der Waals surface area contributed by atoms with Crippen molar-refractivity contribution in [3.63, 3.8) is 0 Å². The van der Waals surface area contributed by atoms with Crippen molar-refractivity contribution >= 4 is 33.6 Å². The number of fused-ring (bicyclic) bond motifs is 2. The number of hydrogen-bond donors (Lipinski definition) is 1. The van der Waals surface area contributed by atoms with Crippen LogP contribution in [0.5, 0.6) is 5.75 Å². The molecule has 3 nitrogen and oxygen atoms in total. The van der Waals surface area contributed by atoms with E-state index >= 15 is 0 Å². The van der Waals surface area contributed by atoms with Crippen LogP contribution in [-0.2, 0) is 0 Å². The maximum atomic E-state index is 9.93. The summed E-state index contributed by atoms with van der Waals surface area (Å²) >= 11 is 1.46. The third kappa shape index (κ3) is 2.14. The van der Waals surface area contributed by atoms with Gasteiger partial charge in [0.2, 0.25) is 0 Å². The Bertz CT molecular complexity index is 913. The van der Waals surface area contributed by atoms with Crippen LogP contribution in [-0.4, -0.2) is 10.1 Å². The van der Waals surface area contributed by atoms with Crippen LogP contribution in [0.3, 0.4) is 0 Å². The number of hydrogen-bond acceptors (Lipinski definition) is 4. The molecule has 4 aromatic rings. The lowest BCUT2D eigenvalue weighted by molar-refractivity contribution is 0.481. The highest BCUT2D eigenvalue weighted by Gasteiger charge is 2.10. The van der Waals surface area contributed by atoms with E-state index < -0.39 is 0 Å². The highest BCUT2D eigenvalue weighted by molar-refractivity contribution is 7.99. The predicted octanol–water partition coefficient (Wildman–Crippen LogP) is 4.84. The monoisotopic (exact) mass is 293 g/mol. The molecule has 0 atom stereocenters. The molecule has 1 heterocycles. The van der Waals surface area contributed by atoms with Gasteiger partial charge in [0.1, 0.15) is 11.3 Å². The summed E-state index contributed by atoms with van der Waals surface area (Å²) < 4.78 is 5.74. The number of para-hydroxylation sites is 2. The number of phenols is 1. The number of benzene rings is 3. The normalized spacial score (nSPS) is 11.2. The fourth-order valence-electron chi connectivity index (χ4n) is 2.33. The maximum Gasteiger partial charge on any atom is 0.261 e. The summed E-state index contributed by atoms with van der Waals surface area (Å²) in [5.41, 5.74) is 1.63. The fourth-order valence-corrected chi connectivity index (χ4v) is 3.22. The summed E-state index contributed by atoms with van der Waals surface area (Å²) in [6.07, 6.45) is 0. The lowest BCUT2D eigenvalue weighted by atomic mass is 10.1. The van der Waals surface area contributed by atoms with Gasteiger partial charge in [0.25, 0.3) is 5.22 Å². The number of nitrogens with zero attached hydrogens (tertiary/aromatic N) is 1. The lowest BCUT2D eigenvalue weighted by Crippen LogP contribution is -1.79. The molecule has 21 heavy (non-hydrogen) atoms. The van der Waals surface area contributed by atoms with Crippen molar-refractivity contribution < 1.29 is 9.52 Å². The zero-order valence-corrected chi connectivity index (χ0v) is 11.8. The van der Waals surface area contributed by atoms with Gasteiger partial charge in [-0.3, -0.25) is 0 Å². The molecule has 0 saturated carbocycles. The van der Waals surface area contributed by atoms with Gasteiger partial charge in [0.15, 0.2) is 5.58 Å². The Morgan fingerprint density at radius 3 is 2.48 bits per heavy atom. The van der Waals surface area contributed by atoms with Crippen LogP contribution >= 0.6 is 11.8 Å². The van der Waals surface area contributed by atoms with Crippen LogP contribution in [0, 0.1) is 0 Å². The Hall–Kier alpha value is -2.46. The van der Waals surface area contributed by atoms with Gasteiger partial charge in [-0.1, -0.05) is 36.4 Å². The number of rotatable bonds is 2.